The van der Waals surface area contributed by atoms with Crippen LogP contribution >= 0.6 is 11.3 Å². The van der Waals surface area contributed by atoms with Crippen LogP contribution in [0.4, 0.5) is 25.4 Å². The smallest absolute Gasteiger partial charge is 0.402 e. The quantitative estimate of drug-likeness (QED) is 0.498. The van der Waals surface area contributed by atoms with Crippen LogP contribution in [0.2, 0.25) is 0 Å². The van der Waals surface area contributed by atoms with E-state index >= 15 is 0 Å². The number of aryl methyl sites for hydroxylation is 1. The Kier molecular flexibility index (Phi) is 5.67. The number of aromatic nitrogens is 2. The van der Waals surface area contributed by atoms with Gasteiger partial charge in [0.2, 0.25) is 5.88 Å². The normalized spacial score (nSPS) is 14.2. The second-order valence-electron chi connectivity index (χ2n) is 6.49. The number of anilines is 3. The molecule has 0 bridgehead atoms. The van der Waals surface area contributed by atoms with Crippen molar-refractivity contribution in [2.45, 2.75) is 19.8 Å². The van der Waals surface area contributed by atoms with Gasteiger partial charge < -0.3 is 20.1 Å². The summed E-state index contributed by atoms with van der Waals surface area (Å²) in [6.07, 6.45) is -1.46. The second kappa shape index (κ2) is 8.56. The van der Waals surface area contributed by atoms with Crippen LogP contribution in [-0.4, -0.2) is 22.2 Å². The number of amides is 1. The maximum Gasteiger partial charge on any atom is 0.586 e. The summed E-state index contributed by atoms with van der Waals surface area (Å²) in [5, 5.41) is 11.3. The Balaban J connectivity index is 1.41. The molecule has 160 valence electrons. The first kappa shape index (κ1) is 20.5. The Morgan fingerprint density at radius 1 is 1.26 bits per heavy atom. The van der Waals surface area contributed by atoms with Gasteiger partial charge in [0.1, 0.15) is 5.82 Å². The molecule has 11 heteroatoms. The van der Waals surface area contributed by atoms with E-state index in [0.717, 1.165) is 16.4 Å². The van der Waals surface area contributed by atoms with Gasteiger partial charge in [0, 0.05) is 23.8 Å². The zero-order chi connectivity index (χ0) is 21.8. The summed E-state index contributed by atoms with van der Waals surface area (Å²) in [6.45, 7) is 2.32. The first-order valence-electron chi connectivity index (χ1n) is 9.11. The summed E-state index contributed by atoms with van der Waals surface area (Å²) in [5.41, 5.74) is 2.62. The highest BCUT2D eigenvalue weighted by molar-refractivity contribution is 7.13. The fourth-order valence-corrected chi connectivity index (χ4v) is 3.43. The summed E-state index contributed by atoms with van der Waals surface area (Å²) in [6, 6.07) is 10.4. The minimum atomic E-state index is -3.79. The van der Waals surface area contributed by atoms with Gasteiger partial charge in [0.25, 0.3) is 5.91 Å². The third kappa shape index (κ3) is 5.25. The van der Waals surface area contributed by atoms with Gasteiger partial charge in [-0.3, -0.25) is 10.1 Å². The zero-order valence-corrected chi connectivity index (χ0v) is 17.0. The Labute approximate surface area is 179 Å². The number of rotatable bonds is 7. The summed E-state index contributed by atoms with van der Waals surface area (Å²) in [5.74, 6) is -0.440. The third-order valence-electron chi connectivity index (χ3n) is 4.10. The topological polar surface area (TPSA) is 97.4 Å². The first-order chi connectivity index (χ1) is 14.9. The number of carbonyl (C=O) groups is 1. The van der Waals surface area contributed by atoms with E-state index in [0.29, 0.717) is 24.3 Å². The predicted molar refractivity (Wildman–Crippen MR) is 111 cm³/mol. The van der Waals surface area contributed by atoms with Gasteiger partial charge in [0.15, 0.2) is 11.4 Å². The van der Waals surface area contributed by atoms with Crippen LogP contribution in [0.5, 0.6) is 0 Å². The molecule has 1 aliphatic heterocycles. The lowest BCUT2D eigenvalue weighted by atomic mass is 10.1. The molecule has 0 spiro atoms. The molecule has 0 aliphatic carbocycles. The summed E-state index contributed by atoms with van der Waals surface area (Å²) in [7, 11) is 0. The maximum absolute atomic E-state index is 12.9. The average molecular weight is 445 g/mol. The van der Waals surface area contributed by atoms with E-state index < -0.39 is 18.1 Å². The van der Waals surface area contributed by atoms with Crippen LogP contribution in [0, 0.1) is 6.92 Å². The van der Waals surface area contributed by atoms with Crippen molar-refractivity contribution in [3.8, 4) is 0 Å². The molecule has 0 unspecified atom stereocenters. The molecule has 0 radical (unpaired) electrons. The molecular weight excluding hydrogens is 428 g/mol. The fraction of sp³-hybridized carbons (Fsp3) is 0.150. The van der Waals surface area contributed by atoms with Crippen LogP contribution in [-0.2, 0) is 16.0 Å². The second-order valence-corrected chi connectivity index (χ2v) is 7.35. The monoisotopic (exact) mass is 445 g/mol. The van der Waals surface area contributed by atoms with Crippen molar-refractivity contribution in [2.75, 3.05) is 10.6 Å². The summed E-state index contributed by atoms with van der Waals surface area (Å²) >= 11 is 1.49. The molecule has 1 aliphatic rings. The van der Waals surface area contributed by atoms with E-state index in [9.17, 15) is 13.6 Å². The van der Waals surface area contributed by atoms with Crippen molar-refractivity contribution in [2.24, 2.45) is 0 Å². The molecule has 8 nitrogen and oxygen atoms in total. The lowest BCUT2D eigenvalue weighted by Crippen LogP contribution is -2.27. The number of nitrogens with zero attached hydrogens (tertiary/aromatic N) is 2. The van der Waals surface area contributed by atoms with Gasteiger partial charge in [-0.05, 0) is 36.8 Å². The number of nitrogens with one attached hydrogen (secondary N) is 3. The Morgan fingerprint density at radius 2 is 2.10 bits per heavy atom. The van der Waals surface area contributed by atoms with Gasteiger partial charge in [-0.15, -0.1) is 20.1 Å². The first-order valence-corrected chi connectivity index (χ1v) is 9.99. The van der Waals surface area contributed by atoms with E-state index in [1.807, 2.05) is 24.4 Å². The van der Waals surface area contributed by atoms with Crippen molar-refractivity contribution >= 4 is 33.9 Å². The number of halogens is 2. The fourth-order valence-electron chi connectivity index (χ4n) is 2.74. The maximum atomic E-state index is 12.9. The standard InChI is InChI=1S/C20H17F2N5O3S/c1-12-11-31-19(25-12)26-16-8-13(6-7-23-16)9-24-15-5-3-2-4-14(15)18(28)27-17-10-29-20(21,22)30-17/h2-8,10-11,24H,9H2,1H3,(H,27,28)(H,23,25,26). The highest BCUT2D eigenvalue weighted by atomic mass is 32.1. The van der Waals surface area contributed by atoms with E-state index in [2.05, 4.69) is 35.4 Å². The molecule has 1 amide bonds. The third-order valence-corrected chi connectivity index (χ3v) is 4.98. The highest BCUT2D eigenvalue weighted by Gasteiger charge is 2.41. The van der Waals surface area contributed by atoms with Gasteiger partial charge >= 0.3 is 6.29 Å². The number of carbonyl (C=O) groups excluding carboxylic acids is 1. The molecule has 3 N–H and O–H groups in total. The number of para-hydroxylation sites is 1. The van der Waals surface area contributed by atoms with Crippen LogP contribution in [0.25, 0.3) is 0 Å². The van der Waals surface area contributed by atoms with Crippen molar-refractivity contribution < 1.29 is 23.0 Å². The van der Waals surface area contributed by atoms with Crippen molar-refractivity contribution in [3.63, 3.8) is 0 Å². The zero-order valence-electron chi connectivity index (χ0n) is 16.2. The van der Waals surface area contributed by atoms with Crippen molar-refractivity contribution in [1.82, 2.24) is 15.3 Å². The van der Waals surface area contributed by atoms with Crippen LogP contribution in [0.15, 0.2) is 60.1 Å². The summed E-state index contributed by atoms with van der Waals surface area (Å²) < 4.78 is 34.1. The van der Waals surface area contributed by atoms with Crippen molar-refractivity contribution in [1.29, 1.82) is 0 Å². The van der Waals surface area contributed by atoms with E-state index in [-0.39, 0.29) is 5.56 Å². The van der Waals surface area contributed by atoms with Gasteiger partial charge in [-0.1, -0.05) is 12.1 Å². The predicted octanol–water partition coefficient (Wildman–Crippen LogP) is 4.33. The molecule has 1 aromatic carbocycles. The molecule has 3 aromatic rings. The lowest BCUT2D eigenvalue weighted by molar-refractivity contribution is -0.334. The van der Waals surface area contributed by atoms with Gasteiger partial charge in [-0.2, -0.15) is 0 Å². The molecule has 2 aromatic heterocycles. The number of hydrogen-bond donors (Lipinski definition) is 3. The molecule has 0 saturated carbocycles. The summed E-state index contributed by atoms with van der Waals surface area (Å²) in [4.78, 5) is 21.1. The minimum Gasteiger partial charge on any atom is -0.402 e. The van der Waals surface area contributed by atoms with E-state index in [1.54, 1.807) is 30.5 Å². The lowest BCUT2D eigenvalue weighted by Gasteiger charge is -2.13. The van der Waals surface area contributed by atoms with Gasteiger partial charge in [0.05, 0.1) is 11.3 Å². The molecule has 0 saturated heterocycles. The molecule has 3 heterocycles. The number of hydrogen-bond acceptors (Lipinski definition) is 8. The average Bonchev–Trinajstić information content (AvgIpc) is 3.30. The van der Waals surface area contributed by atoms with Crippen LogP contribution in [0.3, 0.4) is 0 Å². The highest BCUT2D eigenvalue weighted by Crippen LogP contribution is 2.27. The Hall–Kier alpha value is -3.73. The van der Waals surface area contributed by atoms with Crippen LogP contribution in [0.1, 0.15) is 21.6 Å². The molecular formula is C20H17F2N5O3S. The molecule has 4 rings (SSSR count). The minimum absolute atomic E-state index is 0.257. The number of benzene rings is 1. The van der Waals surface area contributed by atoms with Crippen LogP contribution < -0.4 is 16.0 Å². The SMILES string of the molecule is Cc1csc(Nc2cc(CNc3ccccc3C(=O)NC3=COC(F)(F)O3)ccn2)n1. The Morgan fingerprint density at radius 3 is 2.84 bits per heavy atom. The van der Waals surface area contributed by atoms with Gasteiger partial charge in [-0.25, -0.2) is 9.97 Å². The number of alkyl halides is 2. The molecule has 31 heavy (non-hydrogen) atoms. The number of ether oxygens (including phenoxy) is 2. The van der Waals surface area contributed by atoms with Crippen molar-refractivity contribution in [3.05, 3.63) is 76.9 Å². The molecule has 0 fully saturated rings. The molecule has 0 atom stereocenters. The van der Waals surface area contributed by atoms with E-state index in [1.165, 1.54) is 11.3 Å². The Bertz CT molecular complexity index is 1140. The number of thiazole rings is 1. The largest absolute Gasteiger partial charge is 0.586 e. The number of pyridine rings is 1. The van der Waals surface area contributed by atoms with E-state index in [4.69, 9.17) is 0 Å².